The quantitative estimate of drug-likeness (QED) is 0.771. The number of benzene rings is 1. The lowest BCUT2D eigenvalue weighted by molar-refractivity contribution is 0.0598. The highest BCUT2D eigenvalue weighted by atomic mass is 16.5. The molecule has 6 heteroatoms. The second-order valence-electron chi connectivity index (χ2n) is 6.08. The van der Waals surface area contributed by atoms with Crippen molar-refractivity contribution >= 4 is 11.9 Å². The van der Waals surface area contributed by atoms with Crippen molar-refractivity contribution in [2.45, 2.75) is 25.8 Å². The van der Waals surface area contributed by atoms with Gasteiger partial charge in [0, 0.05) is 12.7 Å². The molecule has 1 unspecified atom stereocenters. The van der Waals surface area contributed by atoms with Crippen LogP contribution in [0.5, 0.6) is 5.75 Å². The van der Waals surface area contributed by atoms with E-state index < -0.39 is 5.97 Å². The number of rotatable bonds is 5. The monoisotopic (exact) mass is 354 g/mol. The number of aromatic nitrogens is 1. The summed E-state index contributed by atoms with van der Waals surface area (Å²) >= 11 is 0. The Morgan fingerprint density at radius 2 is 1.96 bits per heavy atom. The Labute approximate surface area is 152 Å². The topological polar surface area (TPSA) is 68.7 Å². The molecule has 1 aliphatic rings. The van der Waals surface area contributed by atoms with E-state index in [-0.39, 0.29) is 11.9 Å². The molecule has 0 bridgehead atoms. The molecule has 1 aliphatic heterocycles. The number of hydrogen-bond acceptors (Lipinski definition) is 5. The van der Waals surface area contributed by atoms with Crippen molar-refractivity contribution in [3.8, 4) is 5.75 Å². The van der Waals surface area contributed by atoms with E-state index in [9.17, 15) is 9.59 Å². The van der Waals surface area contributed by atoms with E-state index in [1.54, 1.807) is 12.1 Å². The van der Waals surface area contributed by atoms with Crippen molar-refractivity contribution in [2.24, 2.45) is 0 Å². The van der Waals surface area contributed by atoms with Gasteiger partial charge >= 0.3 is 5.97 Å². The molecule has 1 aromatic carbocycles. The van der Waals surface area contributed by atoms with Gasteiger partial charge in [0.25, 0.3) is 5.91 Å². The Hall–Kier alpha value is -2.89. The van der Waals surface area contributed by atoms with Crippen LogP contribution < -0.4 is 4.74 Å². The van der Waals surface area contributed by atoms with Gasteiger partial charge in [0.05, 0.1) is 25.3 Å². The molecule has 3 rings (SSSR count). The number of ether oxygens (including phenoxy) is 2. The number of pyridine rings is 1. The summed E-state index contributed by atoms with van der Waals surface area (Å²) in [5.74, 6) is 0.231. The van der Waals surface area contributed by atoms with Gasteiger partial charge in [-0.2, -0.15) is 0 Å². The smallest absolute Gasteiger partial charge is 0.339 e. The Morgan fingerprint density at radius 3 is 2.58 bits per heavy atom. The number of carbonyl (C=O) groups is 2. The molecule has 0 saturated carbocycles. The van der Waals surface area contributed by atoms with Gasteiger partial charge in [0.15, 0.2) is 0 Å². The van der Waals surface area contributed by atoms with Crippen LogP contribution in [0.4, 0.5) is 0 Å². The summed E-state index contributed by atoms with van der Waals surface area (Å²) in [4.78, 5) is 30.4. The SMILES string of the molecule is CCOc1ccc(C2CCCN2C(=O)c2ccc(C(=O)OC)cn2)cc1. The lowest BCUT2D eigenvalue weighted by atomic mass is 10.0. The molecule has 26 heavy (non-hydrogen) atoms. The number of hydrogen-bond donors (Lipinski definition) is 0. The summed E-state index contributed by atoms with van der Waals surface area (Å²) in [6.07, 6.45) is 3.24. The molecule has 0 N–H and O–H groups in total. The van der Waals surface area contributed by atoms with E-state index in [0.717, 1.165) is 24.2 Å². The van der Waals surface area contributed by atoms with Gasteiger partial charge in [0.1, 0.15) is 11.4 Å². The molecule has 1 amide bonds. The molecule has 1 saturated heterocycles. The lowest BCUT2D eigenvalue weighted by Crippen LogP contribution is -2.31. The van der Waals surface area contributed by atoms with Crippen molar-refractivity contribution in [1.82, 2.24) is 9.88 Å². The van der Waals surface area contributed by atoms with Crippen molar-refractivity contribution < 1.29 is 19.1 Å². The van der Waals surface area contributed by atoms with E-state index in [4.69, 9.17) is 4.74 Å². The largest absolute Gasteiger partial charge is 0.494 e. The maximum Gasteiger partial charge on any atom is 0.339 e. The predicted molar refractivity (Wildman–Crippen MR) is 96.2 cm³/mol. The van der Waals surface area contributed by atoms with Gasteiger partial charge in [-0.15, -0.1) is 0 Å². The first-order valence-corrected chi connectivity index (χ1v) is 8.72. The van der Waals surface area contributed by atoms with E-state index in [1.165, 1.54) is 13.3 Å². The van der Waals surface area contributed by atoms with Crippen LogP contribution in [0.25, 0.3) is 0 Å². The molecule has 136 valence electrons. The van der Waals surface area contributed by atoms with Gasteiger partial charge in [-0.1, -0.05) is 12.1 Å². The zero-order valence-corrected chi connectivity index (χ0v) is 15.0. The van der Waals surface area contributed by atoms with E-state index >= 15 is 0 Å². The predicted octanol–water partition coefficient (Wildman–Crippen LogP) is 3.24. The molecule has 6 nitrogen and oxygen atoms in total. The summed E-state index contributed by atoms with van der Waals surface area (Å²) in [5, 5.41) is 0. The third-order valence-electron chi connectivity index (χ3n) is 4.49. The lowest BCUT2D eigenvalue weighted by Gasteiger charge is -2.25. The number of methoxy groups -OCH3 is 1. The van der Waals surface area contributed by atoms with Gasteiger partial charge in [-0.3, -0.25) is 9.78 Å². The first-order chi connectivity index (χ1) is 12.6. The first-order valence-electron chi connectivity index (χ1n) is 8.72. The number of likely N-dealkylation sites (tertiary alicyclic amines) is 1. The molecular weight excluding hydrogens is 332 g/mol. The van der Waals surface area contributed by atoms with Crippen LogP contribution in [0.3, 0.4) is 0 Å². The molecule has 1 aromatic heterocycles. The minimum Gasteiger partial charge on any atom is -0.494 e. The van der Waals surface area contributed by atoms with Gasteiger partial charge in [-0.05, 0) is 49.6 Å². The average Bonchev–Trinajstić information content (AvgIpc) is 3.17. The third kappa shape index (κ3) is 3.69. The zero-order chi connectivity index (χ0) is 18.5. The summed E-state index contributed by atoms with van der Waals surface area (Å²) < 4.78 is 10.1. The fraction of sp³-hybridized carbons (Fsp3) is 0.350. The molecule has 0 spiro atoms. The minimum absolute atomic E-state index is 0.0280. The summed E-state index contributed by atoms with van der Waals surface area (Å²) in [5.41, 5.74) is 1.74. The fourth-order valence-corrected chi connectivity index (χ4v) is 3.22. The van der Waals surface area contributed by atoms with Crippen molar-refractivity contribution in [1.29, 1.82) is 0 Å². The van der Waals surface area contributed by atoms with Crippen molar-refractivity contribution in [3.05, 3.63) is 59.4 Å². The van der Waals surface area contributed by atoms with E-state index in [1.807, 2.05) is 36.1 Å². The number of carbonyl (C=O) groups excluding carboxylic acids is 2. The highest BCUT2D eigenvalue weighted by molar-refractivity contribution is 5.94. The Balaban J connectivity index is 1.76. The normalized spacial score (nSPS) is 16.4. The number of nitrogens with zero attached hydrogens (tertiary/aromatic N) is 2. The molecule has 1 atom stereocenters. The van der Waals surface area contributed by atoms with Crippen LogP contribution in [-0.2, 0) is 4.74 Å². The Morgan fingerprint density at radius 1 is 1.19 bits per heavy atom. The molecule has 1 fully saturated rings. The van der Waals surface area contributed by atoms with Gasteiger partial charge in [-0.25, -0.2) is 4.79 Å². The fourth-order valence-electron chi connectivity index (χ4n) is 3.22. The molecule has 0 radical (unpaired) electrons. The highest BCUT2D eigenvalue weighted by Gasteiger charge is 2.31. The first kappa shape index (κ1) is 17.9. The molecular formula is C20H22N2O4. The van der Waals surface area contributed by atoms with Gasteiger partial charge < -0.3 is 14.4 Å². The van der Waals surface area contributed by atoms with Crippen LogP contribution in [0, 0.1) is 0 Å². The second kappa shape index (κ2) is 7.99. The summed E-state index contributed by atoms with van der Waals surface area (Å²) in [6.45, 7) is 3.27. The second-order valence-corrected chi connectivity index (χ2v) is 6.08. The van der Waals surface area contributed by atoms with E-state index in [2.05, 4.69) is 9.72 Å². The Kier molecular flexibility index (Phi) is 5.51. The summed E-state index contributed by atoms with van der Waals surface area (Å²) in [6, 6.07) is 11.0. The van der Waals surface area contributed by atoms with E-state index in [0.29, 0.717) is 24.4 Å². The van der Waals surface area contributed by atoms with Crippen LogP contribution in [0.2, 0.25) is 0 Å². The van der Waals surface area contributed by atoms with Crippen LogP contribution >= 0.6 is 0 Å². The summed E-state index contributed by atoms with van der Waals surface area (Å²) in [7, 11) is 1.31. The molecule has 0 aliphatic carbocycles. The van der Waals surface area contributed by atoms with Crippen molar-refractivity contribution in [3.63, 3.8) is 0 Å². The molecule has 2 heterocycles. The van der Waals surface area contributed by atoms with Crippen LogP contribution in [0.1, 0.15) is 52.2 Å². The third-order valence-corrected chi connectivity index (χ3v) is 4.49. The molecule has 2 aromatic rings. The van der Waals surface area contributed by atoms with Crippen molar-refractivity contribution in [2.75, 3.05) is 20.3 Å². The Bertz CT molecular complexity index is 771. The maximum absolute atomic E-state index is 12.9. The zero-order valence-electron chi connectivity index (χ0n) is 15.0. The maximum atomic E-state index is 12.9. The highest BCUT2D eigenvalue weighted by Crippen LogP contribution is 2.33. The average molecular weight is 354 g/mol. The van der Waals surface area contributed by atoms with Crippen LogP contribution in [-0.4, -0.2) is 42.0 Å². The minimum atomic E-state index is -0.468. The van der Waals surface area contributed by atoms with Gasteiger partial charge in [0.2, 0.25) is 0 Å². The number of esters is 1. The van der Waals surface area contributed by atoms with Crippen LogP contribution in [0.15, 0.2) is 42.6 Å². The number of amides is 1. The standard InChI is InChI=1S/C20H22N2O4/c1-3-26-16-9-6-14(7-10-16)18-5-4-12-22(18)19(23)17-11-8-15(13-21-17)20(24)25-2/h6-11,13,18H,3-5,12H2,1-2H3.